The fourth-order valence-corrected chi connectivity index (χ4v) is 12.4. The Bertz CT molecular complexity index is 1520. The molecule has 1 aromatic carbocycles. The Kier molecular flexibility index (Phi) is 8.52. The molecule has 8 atom stereocenters. The number of amides is 1. The number of fused-ring (bicyclic) bond motifs is 7. The van der Waals surface area contributed by atoms with Gasteiger partial charge in [0.15, 0.2) is 5.78 Å². The van der Waals surface area contributed by atoms with Crippen LogP contribution in [0.2, 0.25) is 0 Å². The molecule has 262 valence electrons. The summed E-state index contributed by atoms with van der Waals surface area (Å²) in [5.74, 6) is 1.15. The lowest BCUT2D eigenvalue weighted by atomic mass is 9.33. The average molecular weight is 658 g/mol. The van der Waals surface area contributed by atoms with Gasteiger partial charge in [-0.2, -0.15) is 0 Å². The van der Waals surface area contributed by atoms with E-state index < -0.39 is 11.0 Å². The van der Waals surface area contributed by atoms with Gasteiger partial charge in [-0.3, -0.25) is 14.4 Å². The third-order valence-corrected chi connectivity index (χ3v) is 15.0. The molecule has 6 heteroatoms. The minimum atomic E-state index is -0.720. The number of hydrogen-bond acceptors (Lipinski definition) is 5. The summed E-state index contributed by atoms with van der Waals surface area (Å²) in [6.07, 6.45) is 9.12. The van der Waals surface area contributed by atoms with Gasteiger partial charge < -0.3 is 14.8 Å². The van der Waals surface area contributed by atoms with E-state index in [-0.39, 0.29) is 63.7 Å². The molecule has 4 saturated carbocycles. The van der Waals surface area contributed by atoms with Crippen molar-refractivity contribution in [2.45, 2.75) is 138 Å². The second kappa shape index (κ2) is 11.7. The summed E-state index contributed by atoms with van der Waals surface area (Å²) in [4.78, 5) is 52.1. The minimum absolute atomic E-state index is 0.00116. The van der Waals surface area contributed by atoms with Crippen LogP contribution in [0.1, 0.15) is 137 Å². The molecule has 7 unspecified atom stereocenters. The largest absolute Gasteiger partial charge is 0.462 e. The van der Waals surface area contributed by atoms with E-state index in [1.54, 1.807) is 13.8 Å². The molecule has 0 aromatic heterocycles. The van der Waals surface area contributed by atoms with E-state index in [9.17, 15) is 19.2 Å². The Hall–Kier alpha value is -2.76. The van der Waals surface area contributed by atoms with Gasteiger partial charge in [0.1, 0.15) is 12.4 Å². The third kappa shape index (κ3) is 5.16. The van der Waals surface area contributed by atoms with Crippen molar-refractivity contribution in [3.8, 4) is 0 Å². The fourth-order valence-electron chi connectivity index (χ4n) is 12.4. The number of benzene rings is 1. The highest BCUT2D eigenvalue weighted by Crippen LogP contribution is 2.76. The van der Waals surface area contributed by atoms with Crippen molar-refractivity contribution in [1.82, 2.24) is 5.32 Å². The molecule has 5 aliphatic rings. The number of ketones is 1. The molecule has 0 radical (unpaired) electrons. The molecule has 6 rings (SSSR count). The second-order valence-electron chi connectivity index (χ2n) is 18.7. The summed E-state index contributed by atoms with van der Waals surface area (Å²) in [6, 6.07) is 9.43. The lowest BCUT2D eigenvalue weighted by molar-refractivity contribution is -0.232. The van der Waals surface area contributed by atoms with Crippen LogP contribution >= 0.6 is 0 Å². The van der Waals surface area contributed by atoms with Crippen molar-refractivity contribution in [1.29, 1.82) is 0 Å². The van der Waals surface area contributed by atoms with Gasteiger partial charge >= 0.3 is 5.97 Å². The highest BCUT2D eigenvalue weighted by atomic mass is 16.5. The SMILES string of the molecule is CC(C)C1=C2C3CCC4C5(C)CCC(OC(=O)CC(C)(C)C=O)C(C)(C)C5CCC4(C)[C@]3(C)CCC2(NC(=O)c2ccccc2)CC1=O. The summed E-state index contributed by atoms with van der Waals surface area (Å²) < 4.78 is 6.20. The van der Waals surface area contributed by atoms with Gasteiger partial charge in [0.25, 0.3) is 5.91 Å². The van der Waals surface area contributed by atoms with Crippen molar-refractivity contribution in [3.63, 3.8) is 0 Å². The molecule has 1 N–H and O–H groups in total. The standard InChI is InChI=1S/C42H59NO5/c1-26(2)34-29(45)23-42(43-36(47)27-13-11-10-12-14-27)22-21-40(8)28(35(34)42)15-16-31-39(7)19-18-32(48-33(46)24-37(3,4)25-44)38(5,6)30(39)17-20-41(31,40)9/h10-14,25-26,28,30-32H,15-24H2,1-9H3,(H,43,47)/t28?,30?,31?,32?,39?,40-,41?,42?/m1/s1. The Morgan fingerprint density at radius 3 is 2.25 bits per heavy atom. The lowest BCUT2D eigenvalue weighted by Crippen LogP contribution is -2.67. The van der Waals surface area contributed by atoms with E-state index in [2.05, 4.69) is 53.8 Å². The number of nitrogens with one attached hydrogen (secondary N) is 1. The monoisotopic (exact) mass is 657 g/mol. The number of aldehydes is 1. The Morgan fingerprint density at radius 1 is 0.917 bits per heavy atom. The van der Waals surface area contributed by atoms with Crippen LogP contribution < -0.4 is 5.32 Å². The van der Waals surface area contributed by atoms with E-state index in [0.717, 1.165) is 63.2 Å². The van der Waals surface area contributed by atoms with Gasteiger partial charge in [0.05, 0.1) is 12.0 Å². The normalized spacial score (nSPS) is 38.8. The van der Waals surface area contributed by atoms with Gasteiger partial charge in [-0.05, 0) is 115 Å². The maximum atomic E-state index is 13.9. The smallest absolute Gasteiger partial charge is 0.307 e. The first kappa shape index (κ1) is 35.1. The lowest BCUT2D eigenvalue weighted by Gasteiger charge is -2.72. The predicted molar refractivity (Wildman–Crippen MR) is 188 cm³/mol. The molecule has 0 heterocycles. The maximum Gasteiger partial charge on any atom is 0.307 e. The van der Waals surface area contributed by atoms with Crippen LogP contribution in [0.15, 0.2) is 41.5 Å². The molecule has 0 bridgehead atoms. The molecule has 48 heavy (non-hydrogen) atoms. The fraction of sp³-hybridized carbons (Fsp3) is 0.714. The highest BCUT2D eigenvalue weighted by Gasteiger charge is 2.70. The Labute approximate surface area is 288 Å². The number of esters is 1. The van der Waals surface area contributed by atoms with Crippen molar-refractivity contribution >= 4 is 23.9 Å². The van der Waals surface area contributed by atoms with E-state index in [0.29, 0.717) is 23.8 Å². The molecule has 0 saturated heterocycles. The van der Waals surface area contributed by atoms with Crippen molar-refractivity contribution in [3.05, 3.63) is 47.0 Å². The van der Waals surface area contributed by atoms with E-state index in [1.165, 1.54) is 5.57 Å². The zero-order valence-corrected chi connectivity index (χ0v) is 31.0. The van der Waals surface area contributed by atoms with Crippen molar-refractivity contribution < 1.29 is 23.9 Å². The number of rotatable bonds is 7. The van der Waals surface area contributed by atoms with Gasteiger partial charge in [0, 0.05) is 22.8 Å². The first-order valence-corrected chi connectivity index (χ1v) is 18.7. The summed E-state index contributed by atoms with van der Waals surface area (Å²) in [5, 5.41) is 3.48. The van der Waals surface area contributed by atoms with Crippen LogP contribution in [0, 0.1) is 50.7 Å². The van der Waals surface area contributed by atoms with Crippen molar-refractivity contribution in [2.24, 2.45) is 50.7 Å². The zero-order chi connectivity index (χ0) is 35.1. The molecular formula is C42H59NO5. The van der Waals surface area contributed by atoms with E-state index in [1.807, 2.05) is 30.3 Å². The first-order chi connectivity index (χ1) is 22.4. The Morgan fingerprint density at radius 2 is 1.60 bits per heavy atom. The molecule has 1 aromatic rings. The van der Waals surface area contributed by atoms with Crippen LogP contribution in [0.5, 0.6) is 0 Å². The summed E-state index contributed by atoms with van der Waals surface area (Å²) in [6.45, 7) is 20.1. The topological polar surface area (TPSA) is 89.5 Å². The number of carbonyl (C=O) groups is 4. The van der Waals surface area contributed by atoms with Crippen LogP contribution in [0.4, 0.5) is 0 Å². The van der Waals surface area contributed by atoms with Crippen LogP contribution in [0.3, 0.4) is 0 Å². The molecule has 0 aliphatic heterocycles. The van der Waals surface area contributed by atoms with Crippen LogP contribution in [-0.4, -0.2) is 35.6 Å². The summed E-state index contributed by atoms with van der Waals surface area (Å²) in [7, 11) is 0. The molecule has 4 fully saturated rings. The van der Waals surface area contributed by atoms with Gasteiger partial charge in [-0.15, -0.1) is 0 Å². The third-order valence-electron chi connectivity index (χ3n) is 15.0. The summed E-state index contributed by atoms with van der Waals surface area (Å²) in [5.41, 5.74) is 1.53. The maximum absolute atomic E-state index is 13.9. The first-order valence-electron chi connectivity index (χ1n) is 18.7. The van der Waals surface area contributed by atoms with Crippen molar-refractivity contribution in [2.75, 3.05) is 0 Å². The van der Waals surface area contributed by atoms with Gasteiger partial charge in [0.2, 0.25) is 0 Å². The predicted octanol–water partition coefficient (Wildman–Crippen LogP) is 8.68. The molecular weight excluding hydrogens is 598 g/mol. The van der Waals surface area contributed by atoms with E-state index >= 15 is 0 Å². The Balaban J connectivity index is 1.31. The van der Waals surface area contributed by atoms with Gasteiger partial charge in [-0.1, -0.05) is 80.5 Å². The number of Topliss-reactive ketones (excluding diaryl/α,β-unsaturated/α-hetero) is 1. The minimum Gasteiger partial charge on any atom is -0.462 e. The average Bonchev–Trinajstić information content (AvgIpc) is 3.31. The molecule has 1 amide bonds. The number of ether oxygens (including phenoxy) is 1. The highest BCUT2D eigenvalue weighted by molar-refractivity contribution is 6.03. The van der Waals surface area contributed by atoms with E-state index in [4.69, 9.17) is 4.74 Å². The van der Waals surface area contributed by atoms with Crippen LogP contribution in [-0.2, 0) is 19.1 Å². The summed E-state index contributed by atoms with van der Waals surface area (Å²) >= 11 is 0. The number of allylic oxidation sites excluding steroid dienone is 1. The number of carbonyl (C=O) groups excluding carboxylic acids is 4. The van der Waals surface area contributed by atoms with Gasteiger partial charge in [-0.25, -0.2) is 0 Å². The molecule has 0 spiro atoms. The molecule has 6 nitrogen and oxygen atoms in total. The zero-order valence-electron chi connectivity index (χ0n) is 31.0. The second-order valence-corrected chi connectivity index (χ2v) is 18.7. The quantitative estimate of drug-likeness (QED) is 0.234. The number of hydrogen-bond donors (Lipinski definition) is 1. The molecule has 5 aliphatic carbocycles. The van der Waals surface area contributed by atoms with Crippen LogP contribution in [0.25, 0.3) is 0 Å².